The Morgan fingerprint density at radius 2 is 2.00 bits per heavy atom. The number of benzene rings is 1. The fourth-order valence-electron chi connectivity index (χ4n) is 2.14. The third kappa shape index (κ3) is 2.92. The lowest BCUT2D eigenvalue weighted by Gasteiger charge is -2.16. The first-order valence-corrected chi connectivity index (χ1v) is 6.95. The van der Waals surface area contributed by atoms with E-state index in [0.29, 0.717) is 30.6 Å². The van der Waals surface area contributed by atoms with E-state index in [0.717, 1.165) is 10.9 Å². The van der Waals surface area contributed by atoms with Gasteiger partial charge in [0.15, 0.2) is 0 Å². The van der Waals surface area contributed by atoms with Gasteiger partial charge < -0.3 is 9.69 Å². The number of Topliss-reactive ketones (excluding diaryl/α,β-unsaturated/α-hetero) is 2. The molecule has 0 spiro atoms. The van der Waals surface area contributed by atoms with Gasteiger partial charge in [-0.1, -0.05) is 15.9 Å². The predicted molar refractivity (Wildman–Crippen MR) is 75.4 cm³/mol. The van der Waals surface area contributed by atoms with E-state index < -0.39 is 11.7 Å². The van der Waals surface area contributed by atoms with Crippen LogP contribution in [0.2, 0.25) is 0 Å². The van der Waals surface area contributed by atoms with Gasteiger partial charge in [-0.25, -0.2) is 0 Å². The molecular weight excluding hydrogens is 310 g/mol. The lowest BCUT2D eigenvalue weighted by atomic mass is 10.1. The van der Waals surface area contributed by atoms with Crippen molar-refractivity contribution in [3.05, 3.63) is 28.2 Å². The van der Waals surface area contributed by atoms with E-state index in [4.69, 9.17) is 0 Å². The molecule has 0 radical (unpaired) electrons. The number of carbonyl (C=O) groups excluding carboxylic acids is 3. The molecule has 1 aromatic rings. The van der Waals surface area contributed by atoms with E-state index in [1.807, 2.05) is 6.07 Å². The molecule has 1 aromatic carbocycles. The van der Waals surface area contributed by atoms with Crippen molar-refractivity contribution in [3.8, 4) is 0 Å². The minimum absolute atomic E-state index is 0.146. The van der Waals surface area contributed by atoms with Gasteiger partial charge >= 0.3 is 0 Å². The first kappa shape index (κ1) is 13.9. The van der Waals surface area contributed by atoms with Crippen molar-refractivity contribution < 1.29 is 14.4 Å². The Morgan fingerprint density at radius 1 is 1.26 bits per heavy atom. The Morgan fingerprint density at radius 3 is 2.68 bits per heavy atom. The number of carbonyl (C=O) groups is 3. The van der Waals surface area contributed by atoms with E-state index in [-0.39, 0.29) is 5.78 Å². The number of anilines is 1. The lowest BCUT2D eigenvalue weighted by molar-refractivity contribution is -0.117. The molecule has 0 unspecified atom stereocenters. The fraction of sp³-hybridized carbons (Fsp3) is 0.357. The Kier molecular flexibility index (Phi) is 4.14. The number of rotatable bonds is 5. The van der Waals surface area contributed by atoms with Crippen LogP contribution in [0.1, 0.15) is 36.5 Å². The van der Waals surface area contributed by atoms with Crippen molar-refractivity contribution in [2.45, 2.75) is 26.2 Å². The number of amides is 1. The first-order chi connectivity index (χ1) is 9.00. The molecule has 0 aromatic heterocycles. The summed E-state index contributed by atoms with van der Waals surface area (Å²) >= 11 is 3.29. The summed E-state index contributed by atoms with van der Waals surface area (Å²) in [5.41, 5.74) is 1.12. The Bertz CT molecular complexity index is 554. The summed E-state index contributed by atoms with van der Waals surface area (Å²) in [7, 11) is 0. The van der Waals surface area contributed by atoms with Gasteiger partial charge in [0.2, 0.25) is 0 Å². The maximum Gasteiger partial charge on any atom is 0.299 e. The zero-order chi connectivity index (χ0) is 14.0. The van der Waals surface area contributed by atoms with Crippen LogP contribution >= 0.6 is 15.9 Å². The quantitative estimate of drug-likeness (QED) is 0.618. The number of unbranched alkanes of at least 4 members (excludes halogenated alkanes) is 1. The first-order valence-electron chi connectivity index (χ1n) is 6.16. The van der Waals surface area contributed by atoms with E-state index >= 15 is 0 Å². The van der Waals surface area contributed by atoms with Crippen molar-refractivity contribution in [3.63, 3.8) is 0 Å². The predicted octanol–water partition coefficient (Wildman–Crippen LogP) is 2.74. The molecule has 0 fully saturated rings. The Balaban J connectivity index is 2.08. The van der Waals surface area contributed by atoms with Gasteiger partial charge in [0, 0.05) is 17.4 Å². The van der Waals surface area contributed by atoms with Crippen LogP contribution < -0.4 is 4.90 Å². The van der Waals surface area contributed by atoms with Crippen molar-refractivity contribution >= 4 is 39.1 Å². The summed E-state index contributed by atoms with van der Waals surface area (Å²) in [6, 6.07) is 5.26. The summed E-state index contributed by atoms with van der Waals surface area (Å²) in [6.07, 6.45) is 1.97. The van der Waals surface area contributed by atoms with Gasteiger partial charge in [0.05, 0.1) is 11.3 Å². The normalized spacial score (nSPS) is 13.9. The van der Waals surface area contributed by atoms with Crippen LogP contribution in [-0.2, 0) is 9.59 Å². The number of halogens is 1. The van der Waals surface area contributed by atoms with Crippen LogP contribution in [0.4, 0.5) is 5.69 Å². The van der Waals surface area contributed by atoms with Crippen molar-refractivity contribution in [1.82, 2.24) is 0 Å². The van der Waals surface area contributed by atoms with E-state index in [1.54, 1.807) is 19.1 Å². The number of hydrogen-bond donors (Lipinski definition) is 0. The largest absolute Gasteiger partial charge is 0.305 e. The van der Waals surface area contributed by atoms with Crippen molar-refractivity contribution in [1.29, 1.82) is 0 Å². The van der Waals surface area contributed by atoms with E-state index in [9.17, 15) is 14.4 Å². The fourth-order valence-corrected chi connectivity index (χ4v) is 2.50. The summed E-state index contributed by atoms with van der Waals surface area (Å²) in [6.45, 7) is 2.03. The SMILES string of the molecule is CC(=O)CCCCN1C(=O)C(=O)c2cc(Br)ccc21. The number of fused-ring (bicyclic) bond motifs is 1. The molecule has 1 aliphatic rings. The highest BCUT2D eigenvalue weighted by Gasteiger charge is 2.35. The maximum absolute atomic E-state index is 11.9. The molecule has 1 amide bonds. The molecule has 0 saturated heterocycles. The van der Waals surface area contributed by atoms with Crippen molar-refractivity contribution in [2.24, 2.45) is 0 Å². The third-order valence-corrected chi connectivity index (χ3v) is 3.59. The zero-order valence-corrected chi connectivity index (χ0v) is 12.2. The van der Waals surface area contributed by atoms with E-state index in [2.05, 4.69) is 15.9 Å². The third-order valence-electron chi connectivity index (χ3n) is 3.09. The Labute approximate surface area is 119 Å². The summed E-state index contributed by atoms with van der Waals surface area (Å²) in [5, 5.41) is 0. The number of nitrogens with zero attached hydrogens (tertiary/aromatic N) is 1. The molecule has 0 N–H and O–H groups in total. The summed E-state index contributed by atoms with van der Waals surface area (Å²) in [5.74, 6) is -0.785. The highest BCUT2D eigenvalue weighted by atomic mass is 79.9. The molecular formula is C14H14BrNO3. The van der Waals surface area contributed by atoms with Gasteiger partial charge in [-0.2, -0.15) is 0 Å². The smallest absolute Gasteiger partial charge is 0.299 e. The van der Waals surface area contributed by atoms with Gasteiger partial charge in [-0.05, 0) is 38.0 Å². The molecule has 1 aliphatic heterocycles. The van der Waals surface area contributed by atoms with Crippen molar-refractivity contribution in [2.75, 3.05) is 11.4 Å². The van der Waals surface area contributed by atoms with Gasteiger partial charge in [0.25, 0.3) is 11.7 Å². The second-order valence-corrected chi connectivity index (χ2v) is 5.52. The molecule has 0 atom stereocenters. The van der Waals surface area contributed by atoms with Gasteiger partial charge in [-0.3, -0.25) is 9.59 Å². The zero-order valence-electron chi connectivity index (χ0n) is 10.6. The molecule has 1 heterocycles. The van der Waals surface area contributed by atoms with Crippen LogP contribution in [0.3, 0.4) is 0 Å². The molecule has 0 bridgehead atoms. The van der Waals surface area contributed by atoms with Gasteiger partial charge in [0.1, 0.15) is 5.78 Å². The monoisotopic (exact) mass is 323 g/mol. The lowest BCUT2D eigenvalue weighted by Crippen LogP contribution is -2.30. The summed E-state index contributed by atoms with van der Waals surface area (Å²) in [4.78, 5) is 36.1. The van der Waals surface area contributed by atoms with E-state index in [1.165, 1.54) is 4.90 Å². The second kappa shape index (κ2) is 5.65. The molecule has 0 saturated carbocycles. The highest BCUT2D eigenvalue weighted by molar-refractivity contribution is 9.10. The molecule has 4 nitrogen and oxygen atoms in total. The molecule has 19 heavy (non-hydrogen) atoms. The molecule has 100 valence electrons. The minimum Gasteiger partial charge on any atom is -0.305 e. The van der Waals surface area contributed by atoms with Gasteiger partial charge in [-0.15, -0.1) is 0 Å². The summed E-state index contributed by atoms with van der Waals surface area (Å²) < 4.78 is 0.783. The van der Waals surface area contributed by atoms with Crippen LogP contribution in [0.5, 0.6) is 0 Å². The maximum atomic E-state index is 11.9. The van der Waals surface area contributed by atoms with Crippen LogP contribution in [0.25, 0.3) is 0 Å². The van der Waals surface area contributed by atoms with Crippen LogP contribution in [-0.4, -0.2) is 24.0 Å². The standard InChI is InChI=1S/C14H14BrNO3/c1-9(17)4-2-3-7-16-12-6-5-10(15)8-11(12)13(18)14(16)19/h5-6,8H,2-4,7H2,1H3. The molecule has 5 heteroatoms. The number of ketones is 2. The highest BCUT2D eigenvalue weighted by Crippen LogP contribution is 2.31. The second-order valence-electron chi connectivity index (χ2n) is 4.61. The molecule has 2 rings (SSSR count). The average Bonchev–Trinajstić information content (AvgIpc) is 2.59. The Hall–Kier alpha value is -1.49. The topological polar surface area (TPSA) is 54.5 Å². The van der Waals surface area contributed by atoms with Crippen LogP contribution in [0.15, 0.2) is 22.7 Å². The number of hydrogen-bond acceptors (Lipinski definition) is 3. The average molecular weight is 324 g/mol. The molecule has 0 aliphatic carbocycles. The minimum atomic E-state index is -0.476. The van der Waals surface area contributed by atoms with Crippen LogP contribution in [0, 0.1) is 0 Å².